The van der Waals surface area contributed by atoms with Crippen molar-refractivity contribution < 1.29 is 4.74 Å². The van der Waals surface area contributed by atoms with Crippen LogP contribution in [0.3, 0.4) is 0 Å². The number of rotatable bonds is 7. The van der Waals surface area contributed by atoms with Crippen molar-refractivity contribution in [3.05, 3.63) is 0 Å². The van der Waals surface area contributed by atoms with Gasteiger partial charge in [-0.2, -0.15) is 0 Å². The third kappa shape index (κ3) is 4.80. The number of ether oxygens (including phenoxy) is 1. The van der Waals surface area contributed by atoms with E-state index in [1.807, 2.05) is 0 Å². The van der Waals surface area contributed by atoms with Crippen LogP contribution in [-0.2, 0) is 4.74 Å². The first-order valence-electron chi connectivity index (χ1n) is 5.73. The molecular formula is C11H22N2OS. The van der Waals surface area contributed by atoms with Gasteiger partial charge < -0.3 is 15.4 Å². The standard InChI is InChI=1S/C11H22N2OS/c1-3-4-11(5-6-11)9-13-10(15)12-7-8-14-2/h3-9H2,1-2H3,(H2,12,13,15). The Morgan fingerprint density at radius 1 is 1.40 bits per heavy atom. The second-order valence-electron chi connectivity index (χ2n) is 4.35. The van der Waals surface area contributed by atoms with Crippen LogP contribution in [-0.4, -0.2) is 31.9 Å². The second-order valence-corrected chi connectivity index (χ2v) is 4.76. The summed E-state index contributed by atoms with van der Waals surface area (Å²) in [6, 6.07) is 0. The second kappa shape index (κ2) is 6.28. The Morgan fingerprint density at radius 3 is 2.67 bits per heavy atom. The molecule has 1 rings (SSSR count). The maximum atomic E-state index is 5.17. The monoisotopic (exact) mass is 230 g/mol. The Balaban J connectivity index is 2.06. The van der Waals surface area contributed by atoms with Gasteiger partial charge in [-0.3, -0.25) is 0 Å². The Hall–Kier alpha value is -0.350. The molecule has 15 heavy (non-hydrogen) atoms. The molecule has 0 bridgehead atoms. The van der Waals surface area contributed by atoms with Crippen molar-refractivity contribution >= 4 is 17.3 Å². The lowest BCUT2D eigenvalue weighted by molar-refractivity contribution is 0.204. The lowest BCUT2D eigenvalue weighted by Crippen LogP contribution is -2.39. The van der Waals surface area contributed by atoms with E-state index in [0.29, 0.717) is 12.0 Å². The zero-order valence-corrected chi connectivity index (χ0v) is 10.6. The molecule has 4 heteroatoms. The molecule has 0 aromatic rings. The summed E-state index contributed by atoms with van der Waals surface area (Å²) in [4.78, 5) is 0. The molecule has 0 aromatic heterocycles. The van der Waals surface area contributed by atoms with Gasteiger partial charge in [-0.25, -0.2) is 0 Å². The van der Waals surface area contributed by atoms with Gasteiger partial charge in [0, 0.05) is 20.2 Å². The minimum absolute atomic E-state index is 0.557. The van der Waals surface area contributed by atoms with Gasteiger partial charge in [0.15, 0.2) is 5.11 Å². The lowest BCUT2D eigenvalue weighted by atomic mass is 10.0. The highest BCUT2D eigenvalue weighted by atomic mass is 32.1. The Bertz CT molecular complexity index is 205. The average Bonchev–Trinajstić information content (AvgIpc) is 2.97. The van der Waals surface area contributed by atoms with Crippen LogP contribution in [0.15, 0.2) is 0 Å². The third-order valence-electron chi connectivity index (χ3n) is 2.95. The number of nitrogens with one attached hydrogen (secondary N) is 2. The predicted octanol–water partition coefficient (Wildman–Crippen LogP) is 1.68. The Labute approximate surface area is 98.0 Å². The van der Waals surface area contributed by atoms with E-state index in [2.05, 4.69) is 17.6 Å². The Morgan fingerprint density at radius 2 is 2.13 bits per heavy atom. The molecule has 3 nitrogen and oxygen atoms in total. The molecule has 1 saturated carbocycles. The molecule has 0 radical (unpaired) electrons. The summed E-state index contributed by atoms with van der Waals surface area (Å²) in [5, 5.41) is 7.17. The number of hydrogen-bond donors (Lipinski definition) is 2. The van der Waals surface area contributed by atoms with Crippen LogP contribution in [0.1, 0.15) is 32.6 Å². The van der Waals surface area contributed by atoms with Crippen LogP contribution in [0.25, 0.3) is 0 Å². The van der Waals surface area contributed by atoms with E-state index in [1.54, 1.807) is 7.11 Å². The fourth-order valence-corrected chi connectivity index (χ4v) is 1.99. The van der Waals surface area contributed by atoms with E-state index in [-0.39, 0.29) is 0 Å². The molecule has 2 N–H and O–H groups in total. The summed E-state index contributed by atoms with van der Waals surface area (Å²) in [5.41, 5.74) is 0.557. The number of methoxy groups -OCH3 is 1. The summed E-state index contributed by atoms with van der Waals surface area (Å²) in [5.74, 6) is 0. The topological polar surface area (TPSA) is 33.3 Å². The summed E-state index contributed by atoms with van der Waals surface area (Å²) in [7, 11) is 1.69. The van der Waals surface area contributed by atoms with Crippen LogP contribution in [0.5, 0.6) is 0 Å². The smallest absolute Gasteiger partial charge is 0.166 e. The molecule has 1 aliphatic rings. The molecule has 0 heterocycles. The molecule has 0 aliphatic heterocycles. The molecule has 1 fully saturated rings. The van der Waals surface area contributed by atoms with Crippen molar-refractivity contribution in [3.63, 3.8) is 0 Å². The molecule has 88 valence electrons. The van der Waals surface area contributed by atoms with Crippen molar-refractivity contribution in [2.24, 2.45) is 5.41 Å². The zero-order valence-electron chi connectivity index (χ0n) is 9.77. The van der Waals surface area contributed by atoms with Gasteiger partial charge in [0.05, 0.1) is 6.61 Å². The largest absolute Gasteiger partial charge is 0.383 e. The summed E-state index contributed by atoms with van der Waals surface area (Å²) in [6.07, 6.45) is 5.30. The molecule has 0 amide bonds. The van der Waals surface area contributed by atoms with Crippen LogP contribution in [0, 0.1) is 5.41 Å². The van der Waals surface area contributed by atoms with Gasteiger partial charge in [-0.05, 0) is 36.9 Å². The van der Waals surface area contributed by atoms with Gasteiger partial charge in [0.2, 0.25) is 0 Å². The molecular weight excluding hydrogens is 208 g/mol. The quantitative estimate of drug-likeness (QED) is 0.515. The highest BCUT2D eigenvalue weighted by Gasteiger charge is 2.41. The fraction of sp³-hybridized carbons (Fsp3) is 0.909. The average molecular weight is 230 g/mol. The lowest BCUT2D eigenvalue weighted by Gasteiger charge is -2.16. The molecule has 1 aliphatic carbocycles. The van der Waals surface area contributed by atoms with Gasteiger partial charge in [0.1, 0.15) is 0 Å². The van der Waals surface area contributed by atoms with Crippen molar-refractivity contribution in [2.75, 3.05) is 26.8 Å². The van der Waals surface area contributed by atoms with E-state index in [1.165, 1.54) is 25.7 Å². The summed E-state index contributed by atoms with van der Waals surface area (Å²) < 4.78 is 4.94. The normalized spacial score (nSPS) is 17.2. The number of hydrogen-bond acceptors (Lipinski definition) is 2. The van der Waals surface area contributed by atoms with Gasteiger partial charge >= 0.3 is 0 Å². The highest BCUT2D eigenvalue weighted by Crippen LogP contribution is 2.48. The van der Waals surface area contributed by atoms with Gasteiger partial charge in [0.25, 0.3) is 0 Å². The van der Waals surface area contributed by atoms with E-state index in [9.17, 15) is 0 Å². The third-order valence-corrected chi connectivity index (χ3v) is 3.24. The van der Waals surface area contributed by atoms with Gasteiger partial charge in [-0.15, -0.1) is 0 Å². The molecule has 0 saturated heterocycles. The fourth-order valence-electron chi connectivity index (χ4n) is 1.82. The summed E-state index contributed by atoms with van der Waals surface area (Å²) in [6.45, 7) is 4.75. The minimum Gasteiger partial charge on any atom is -0.383 e. The maximum absolute atomic E-state index is 5.17. The van der Waals surface area contributed by atoms with E-state index >= 15 is 0 Å². The predicted molar refractivity (Wildman–Crippen MR) is 67.1 cm³/mol. The maximum Gasteiger partial charge on any atom is 0.166 e. The zero-order chi connectivity index (χ0) is 11.1. The van der Waals surface area contributed by atoms with Crippen molar-refractivity contribution in [2.45, 2.75) is 32.6 Å². The highest BCUT2D eigenvalue weighted by molar-refractivity contribution is 7.80. The van der Waals surface area contributed by atoms with Crippen molar-refractivity contribution in [1.82, 2.24) is 10.6 Å². The van der Waals surface area contributed by atoms with Crippen LogP contribution >= 0.6 is 12.2 Å². The van der Waals surface area contributed by atoms with Crippen molar-refractivity contribution in [1.29, 1.82) is 0 Å². The van der Waals surface area contributed by atoms with Crippen LogP contribution in [0.4, 0.5) is 0 Å². The summed E-state index contributed by atoms with van der Waals surface area (Å²) >= 11 is 5.17. The first-order chi connectivity index (χ1) is 7.22. The number of thiocarbonyl (C=S) groups is 1. The van der Waals surface area contributed by atoms with Gasteiger partial charge in [-0.1, -0.05) is 13.3 Å². The van der Waals surface area contributed by atoms with E-state index < -0.39 is 0 Å². The Kier molecular flexibility index (Phi) is 5.32. The molecule has 0 unspecified atom stereocenters. The van der Waals surface area contributed by atoms with Crippen LogP contribution < -0.4 is 10.6 Å². The SMILES string of the molecule is CCCC1(CNC(=S)NCCOC)CC1. The van der Waals surface area contributed by atoms with Crippen LogP contribution in [0.2, 0.25) is 0 Å². The first-order valence-corrected chi connectivity index (χ1v) is 6.14. The molecule has 0 aromatic carbocycles. The molecule has 0 spiro atoms. The van der Waals surface area contributed by atoms with E-state index in [4.69, 9.17) is 17.0 Å². The van der Waals surface area contributed by atoms with E-state index in [0.717, 1.165) is 18.2 Å². The minimum atomic E-state index is 0.557. The van der Waals surface area contributed by atoms with Crippen molar-refractivity contribution in [3.8, 4) is 0 Å². The molecule has 0 atom stereocenters. The first kappa shape index (κ1) is 12.7.